The second kappa shape index (κ2) is 8.62. The zero-order valence-electron chi connectivity index (χ0n) is 15.7. The molecule has 3 rings (SSSR count). The van der Waals surface area contributed by atoms with Gasteiger partial charge in [0.15, 0.2) is 5.78 Å². The third kappa shape index (κ3) is 4.82. The second-order valence-corrected chi connectivity index (χ2v) is 8.68. The molecule has 1 amide bonds. The highest BCUT2D eigenvalue weighted by atomic mass is 32.2. The zero-order valence-corrected chi connectivity index (χ0v) is 16.5. The quantitative estimate of drug-likeness (QED) is 0.748. The summed E-state index contributed by atoms with van der Waals surface area (Å²) >= 11 is 0. The van der Waals surface area contributed by atoms with Crippen LogP contribution in [0, 0.1) is 5.92 Å². The Hall–Kier alpha value is -2.58. The number of rotatable bonds is 6. The van der Waals surface area contributed by atoms with Crippen LogP contribution in [-0.4, -0.2) is 49.6 Å². The van der Waals surface area contributed by atoms with Crippen molar-refractivity contribution in [1.29, 1.82) is 0 Å². The lowest BCUT2D eigenvalue weighted by Crippen LogP contribution is -2.41. The molecule has 0 atom stereocenters. The van der Waals surface area contributed by atoms with Gasteiger partial charge >= 0.3 is 0 Å². The van der Waals surface area contributed by atoms with E-state index in [9.17, 15) is 18.0 Å². The fraction of sp³-hybridized carbons (Fsp3) is 0.350. The number of aromatic nitrogens is 1. The second-order valence-electron chi connectivity index (χ2n) is 6.91. The summed E-state index contributed by atoms with van der Waals surface area (Å²) in [5.74, 6) is 0.0198. The lowest BCUT2D eigenvalue weighted by Gasteiger charge is -2.32. The van der Waals surface area contributed by atoms with Gasteiger partial charge in [0.2, 0.25) is 10.0 Å². The Balaban J connectivity index is 1.52. The largest absolute Gasteiger partial charge is 0.339 e. The summed E-state index contributed by atoms with van der Waals surface area (Å²) in [5, 5.41) is 0. The summed E-state index contributed by atoms with van der Waals surface area (Å²) in [4.78, 5) is 29.6. The molecule has 1 fully saturated rings. The van der Waals surface area contributed by atoms with Crippen LogP contribution in [0.25, 0.3) is 0 Å². The van der Waals surface area contributed by atoms with Crippen molar-refractivity contribution >= 4 is 21.7 Å². The van der Waals surface area contributed by atoms with Crippen molar-refractivity contribution < 1.29 is 18.0 Å². The minimum Gasteiger partial charge on any atom is -0.339 e. The predicted molar refractivity (Wildman–Crippen MR) is 104 cm³/mol. The van der Waals surface area contributed by atoms with Crippen molar-refractivity contribution in [3.05, 3.63) is 59.9 Å². The maximum atomic E-state index is 12.4. The first-order valence-corrected chi connectivity index (χ1v) is 10.6. The number of amides is 1. The van der Waals surface area contributed by atoms with Crippen molar-refractivity contribution in [3.63, 3.8) is 0 Å². The highest BCUT2D eigenvalue weighted by Gasteiger charge is 2.25. The molecule has 0 radical (unpaired) electrons. The average Bonchev–Trinajstić information content (AvgIpc) is 2.73. The van der Waals surface area contributed by atoms with Crippen LogP contribution in [0.3, 0.4) is 0 Å². The molecule has 0 aliphatic carbocycles. The molecule has 0 spiro atoms. The van der Waals surface area contributed by atoms with Crippen LogP contribution in [-0.2, 0) is 10.0 Å². The van der Waals surface area contributed by atoms with Crippen LogP contribution in [0.15, 0.2) is 53.7 Å². The molecule has 1 aromatic carbocycles. The molecule has 0 saturated carbocycles. The Morgan fingerprint density at radius 2 is 1.79 bits per heavy atom. The van der Waals surface area contributed by atoms with E-state index < -0.39 is 10.0 Å². The van der Waals surface area contributed by atoms with Crippen molar-refractivity contribution in [2.24, 2.45) is 5.92 Å². The molecule has 0 bridgehead atoms. The third-order valence-corrected chi connectivity index (χ3v) is 6.38. The molecular formula is C20H23N3O4S. The SMILES string of the molecule is CC(=O)c1ccc(S(=O)(=O)NCC2CCN(C(=O)c3cccnc3)CC2)cc1. The van der Waals surface area contributed by atoms with E-state index in [1.54, 1.807) is 29.4 Å². The lowest BCUT2D eigenvalue weighted by atomic mass is 9.97. The molecule has 1 saturated heterocycles. The molecule has 1 aromatic heterocycles. The smallest absolute Gasteiger partial charge is 0.255 e. The van der Waals surface area contributed by atoms with Gasteiger partial charge in [0, 0.05) is 37.6 Å². The van der Waals surface area contributed by atoms with E-state index in [0.717, 1.165) is 12.8 Å². The zero-order chi connectivity index (χ0) is 20.1. The van der Waals surface area contributed by atoms with Gasteiger partial charge in [0.25, 0.3) is 5.91 Å². The topological polar surface area (TPSA) is 96.4 Å². The minimum absolute atomic E-state index is 0.0438. The van der Waals surface area contributed by atoms with Gasteiger partial charge in [-0.2, -0.15) is 0 Å². The molecule has 1 N–H and O–H groups in total. The van der Waals surface area contributed by atoms with E-state index in [0.29, 0.717) is 30.8 Å². The maximum Gasteiger partial charge on any atom is 0.255 e. The Kier molecular flexibility index (Phi) is 6.21. The van der Waals surface area contributed by atoms with Gasteiger partial charge in [0.05, 0.1) is 10.5 Å². The van der Waals surface area contributed by atoms with Gasteiger partial charge < -0.3 is 4.90 Å². The molecule has 0 unspecified atom stereocenters. The van der Waals surface area contributed by atoms with Crippen LogP contribution in [0.1, 0.15) is 40.5 Å². The molecular weight excluding hydrogens is 378 g/mol. The standard InChI is InChI=1S/C20H23N3O4S/c1-15(24)17-4-6-19(7-5-17)28(26,27)22-13-16-8-11-23(12-9-16)20(25)18-3-2-10-21-14-18/h2-7,10,14,16,22H,8-9,11-13H2,1H3. The minimum atomic E-state index is -3.63. The van der Waals surface area contributed by atoms with E-state index in [1.165, 1.54) is 31.2 Å². The van der Waals surface area contributed by atoms with Crippen LogP contribution in [0.4, 0.5) is 0 Å². The van der Waals surface area contributed by atoms with Crippen molar-refractivity contribution in [2.45, 2.75) is 24.7 Å². The number of nitrogens with zero attached hydrogens (tertiary/aromatic N) is 2. The van der Waals surface area contributed by atoms with Crippen LogP contribution in [0.5, 0.6) is 0 Å². The summed E-state index contributed by atoms with van der Waals surface area (Å²) < 4.78 is 27.5. The molecule has 148 valence electrons. The number of carbonyl (C=O) groups is 2. The van der Waals surface area contributed by atoms with Crippen molar-refractivity contribution in [2.75, 3.05) is 19.6 Å². The monoisotopic (exact) mass is 401 g/mol. The first kappa shape index (κ1) is 20.2. The van der Waals surface area contributed by atoms with Gasteiger partial charge in [-0.3, -0.25) is 14.6 Å². The molecule has 2 heterocycles. The number of pyridine rings is 1. The van der Waals surface area contributed by atoms with Crippen molar-refractivity contribution in [1.82, 2.24) is 14.6 Å². The van der Waals surface area contributed by atoms with E-state index in [4.69, 9.17) is 0 Å². The number of carbonyl (C=O) groups excluding carboxylic acids is 2. The number of piperidine rings is 1. The molecule has 2 aromatic rings. The fourth-order valence-electron chi connectivity index (χ4n) is 3.19. The molecule has 1 aliphatic heterocycles. The average molecular weight is 401 g/mol. The lowest BCUT2D eigenvalue weighted by molar-refractivity contribution is 0.0691. The summed E-state index contributed by atoms with van der Waals surface area (Å²) in [6, 6.07) is 9.38. The van der Waals surface area contributed by atoms with Crippen LogP contribution >= 0.6 is 0 Å². The Bertz CT molecular complexity index is 935. The summed E-state index contributed by atoms with van der Waals surface area (Å²) in [6.45, 7) is 2.94. The summed E-state index contributed by atoms with van der Waals surface area (Å²) in [7, 11) is -3.63. The number of hydrogen-bond donors (Lipinski definition) is 1. The van der Waals surface area contributed by atoms with Gasteiger partial charge in [-0.05, 0) is 49.9 Å². The van der Waals surface area contributed by atoms with Gasteiger partial charge in [-0.1, -0.05) is 12.1 Å². The van der Waals surface area contributed by atoms with E-state index in [-0.39, 0.29) is 22.5 Å². The van der Waals surface area contributed by atoms with Gasteiger partial charge in [-0.15, -0.1) is 0 Å². The van der Waals surface area contributed by atoms with Gasteiger partial charge in [0.1, 0.15) is 0 Å². The number of likely N-dealkylation sites (tertiary alicyclic amines) is 1. The molecule has 1 aliphatic rings. The number of ketones is 1. The fourth-order valence-corrected chi connectivity index (χ4v) is 4.31. The first-order valence-electron chi connectivity index (χ1n) is 9.17. The highest BCUT2D eigenvalue weighted by Crippen LogP contribution is 2.19. The van der Waals surface area contributed by atoms with Gasteiger partial charge in [-0.25, -0.2) is 13.1 Å². The van der Waals surface area contributed by atoms with Crippen LogP contribution in [0.2, 0.25) is 0 Å². The Labute approximate surface area is 164 Å². The maximum absolute atomic E-state index is 12.4. The molecule has 8 heteroatoms. The predicted octanol–water partition coefficient (Wildman–Crippen LogP) is 2.11. The number of sulfonamides is 1. The first-order chi connectivity index (χ1) is 13.4. The van der Waals surface area contributed by atoms with E-state index in [2.05, 4.69) is 9.71 Å². The van der Waals surface area contributed by atoms with E-state index in [1.807, 2.05) is 0 Å². The summed E-state index contributed by atoms with van der Waals surface area (Å²) in [6.07, 6.45) is 4.65. The van der Waals surface area contributed by atoms with Crippen molar-refractivity contribution in [3.8, 4) is 0 Å². The number of nitrogens with one attached hydrogen (secondary N) is 1. The Morgan fingerprint density at radius 3 is 2.36 bits per heavy atom. The number of Topliss-reactive ketones (excluding diaryl/α,β-unsaturated/α-hetero) is 1. The molecule has 28 heavy (non-hydrogen) atoms. The van der Waals surface area contributed by atoms with Crippen LogP contribution < -0.4 is 4.72 Å². The number of benzene rings is 1. The highest BCUT2D eigenvalue weighted by molar-refractivity contribution is 7.89. The Morgan fingerprint density at radius 1 is 1.11 bits per heavy atom. The van der Waals surface area contributed by atoms with E-state index >= 15 is 0 Å². The normalized spacial score (nSPS) is 15.4. The molecule has 7 nitrogen and oxygen atoms in total. The third-order valence-electron chi connectivity index (χ3n) is 4.94. The summed E-state index contributed by atoms with van der Waals surface area (Å²) in [5.41, 5.74) is 1.04. The number of hydrogen-bond acceptors (Lipinski definition) is 5.